The minimum Gasteiger partial charge on any atom is -0.444 e. The average Bonchev–Trinajstić information content (AvgIpc) is 2.96. The van der Waals surface area contributed by atoms with E-state index in [0.717, 1.165) is 0 Å². The highest BCUT2D eigenvalue weighted by Crippen LogP contribution is 2.31. The summed E-state index contributed by atoms with van der Waals surface area (Å²) in [4.78, 5) is 52.8. The van der Waals surface area contributed by atoms with Crippen LogP contribution >= 0.6 is 0 Å². The number of benzene rings is 1. The number of ether oxygens (including phenoxy) is 1. The first-order valence-electron chi connectivity index (χ1n) is 11.4. The lowest BCUT2D eigenvalue weighted by Gasteiger charge is -2.41. The number of carbonyl (C=O) groups is 3. The van der Waals surface area contributed by atoms with Gasteiger partial charge in [-0.1, -0.05) is 0 Å². The second-order valence-electron chi connectivity index (χ2n) is 9.94. The van der Waals surface area contributed by atoms with Crippen molar-refractivity contribution in [3.63, 3.8) is 0 Å². The Bertz CT molecular complexity index is 1230. The first kappa shape index (κ1) is 23.8. The van der Waals surface area contributed by atoms with Crippen molar-refractivity contribution in [1.29, 1.82) is 0 Å². The number of amides is 3. The number of halogens is 1. The predicted octanol–water partition coefficient (Wildman–Crippen LogP) is 1.90. The maximum Gasteiger partial charge on any atom is 0.410 e. The van der Waals surface area contributed by atoms with E-state index in [4.69, 9.17) is 4.74 Å². The fourth-order valence-corrected chi connectivity index (χ4v) is 4.63. The number of aryl methyl sites for hydroxylation is 1. The van der Waals surface area contributed by atoms with Gasteiger partial charge in [0.05, 0.1) is 16.7 Å². The number of nitrogens with zero attached hydrogens (tertiary/aromatic N) is 4. The number of carbonyl (C=O) groups excluding carboxylic acids is 3. The molecule has 1 unspecified atom stereocenters. The molecular formula is C23H30FN5O5. The van der Waals surface area contributed by atoms with Crippen LogP contribution in [0.2, 0.25) is 0 Å². The molecular weight excluding hydrogens is 445 g/mol. The maximum absolute atomic E-state index is 15.4. The lowest BCUT2D eigenvalue weighted by molar-refractivity contribution is -0.135. The molecule has 1 aromatic carbocycles. The molecule has 0 bridgehead atoms. The van der Waals surface area contributed by atoms with Crippen molar-refractivity contribution in [3.05, 3.63) is 28.4 Å². The third-order valence-electron chi connectivity index (χ3n) is 6.27. The van der Waals surface area contributed by atoms with Gasteiger partial charge in [-0.3, -0.25) is 24.0 Å². The molecule has 34 heavy (non-hydrogen) atoms. The standard InChI is InChI=1S/C23H30FN5O5/c1-13-12-27(22(33)34-23(2,3)4)8-9-28(13)16-11-17-18(10-14(16)24)29(21(32)26(17)5)15-6-7-19(30)25-20(15)31/h10-11,13,15H,6-9,12H2,1-5H3,(H,25,30,31)/t13-,15?/m0/s1. The maximum atomic E-state index is 15.4. The molecule has 11 heteroatoms. The van der Waals surface area contributed by atoms with Crippen LogP contribution in [-0.4, -0.2) is 63.2 Å². The van der Waals surface area contributed by atoms with E-state index in [9.17, 15) is 19.2 Å². The Morgan fingerprint density at radius 3 is 2.47 bits per heavy atom. The van der Waals surface area contributed by atoms with E-state index in [1.54, 1.807) is 38.8 Å². The Morgan fingerprint density at radius 2 is 1.85 bits per heavy atom. The Balaban J connectivity index is 1.64. The number of anilines is 1. The van der Waals surface area contributed by atoms with Gasteiger partial charge < -0.3 is 14.5 Å². The van der Waals surface area contributed by atoms with E-state index < -0.39 is 35.2 Å². The zero-order chi connectivity index (χ0) is 24.9. The Kier molecular flexibility index (Phi) is 5.91. The van der Waals surface area contributed by atoms with Crippen LogP contribution in [0, 0.1) is 5.82 Å². The Labute approximate surface area is 196 Å². The van der Waals surface area contributed by atoms with Crippen molar-refractivity contribution < 1.29 is 23.5 Å². The monoisotopic (exact) mass is 475 g/mol. The first-order chi connectivity index (χ1) is 15.9. The van der Waals surface area contributed by atoms with Crippen molar-refractivity contribution in [1.82, 2.24) is 19.4 Å². The van der Waals surface area contributed by atoms with Crippen molar-refractivity contribution in [2.45, 2.75) is 58.2 Å². The van der Waals surface area contributed by atoms with Gasteiger partial charge in [-0.2, -0.15) is 0 Å². The lowest BCUT2D eigenvalue weighted by atomic mass is 10.1. The summed E-state index contributed by atoms with van der Waals surface area (Å²) < 4.78 is 23.5. The zero-order valence-corrected chi connectivity index (χ0v) is 20.1. The van der Waals surface area contributed by atoms with Gasteiger partial charge in [0.25, 0.3) is 0 Å². The molecule has 4 rings (SSSR count). The SMILES string of the molecule is C[C@H]1CN(C(=O)OC(C)(C)C)CCN1c1cc2c(cc1F)n(C1CCC(=O)NC1=O)c(=O)n2C. The largest absolute Gasteiger partial charge is 0.444 e. The van der Waals surface area contributed by atoms with E-state index in [0.29, 0.717) is 36.4 Å². The van der Waals surface area contributed by atoms with Crippen LogP contribution in [-0.2, 0) is 21.4 Å². The van der Waals surface area contributed by atoms with Crippen LogP contribution in [0.4, 0.5) is 14.9 Å². The number of aromatic nitrogens is 2. The Morgan fingerprint density at radius 1 is 1.15 bits per heavy atom. The minimum absolute atomic E-state index is 0.110. The smallest absolute Gasteiger partial charge is 0.410 e. The molecule has 2 aliphatic heterocycles. The number of hydrogen-bond acceptors (Lipinski definition) is 6. The molecule has 184 valence electrons. The van der Waals surface area contributed by atoms with Crippen LogP contribution in [0.25, 0.3) is 11.0 Å². The van der Waals surface area contributed by atoms with Crippen molar-refractivity contribution in [3.8, 4) is 0 Å². The molecule has 10 nitrogen and oxygen atoms in total. The quantitative estimate of drug-likeness (QED) is 0.665. The molecule has 2 fully saturated rings. The normalized spacial score (nSPS) is 21.7. The molecule has 2 aromatic rings. The number of piperidine rings is 1. The molecule has 0 spiro atoms. The zero-order valence-electron chi connectivity index (χ0n) is 20.1. The summed E-state index contributed by atoms with van der Waals surface area (Å²) in [5.74, 6) is -1.48. The highest BCUT2D eigenvalue weighted by Gasteiger charge is 2.34. The lowest BCUT2D eigenvalue weighted by Crippen LogP contribution is -2.54. The van der Waals surface area contributed by atoms with Crippen LogP contribution in [0.1, 0.15) is 46.6 Å². The summed E-state index contributed by atoms with van der Waals surface area (Å²) in [6, 6.07) is 1.80. The molecule has 0 aliphatic carbocycles. The molecule has 1 N–H and O–H groups in total. The van der Waals surface area contributed by atoms with E-state index in [2.05, 4.69) is 5.32 Å². The summed E-state index contributed by atoms with van der Waals surface area (Å²) in [6.07, 6.45) is -0.116. The van der Waals surface area contributed by atoms with Crippen molar-refractivity contribution in [2.75, 3.05) is 24.5 Å². The van der Waals surface area contributed by atoms with Crippen LogP contribution in [0.15, 0.2) is 16.9 Å². The van der Waals surface area contributed by atoms with Gasteiger partial charge in [0.2, 0.25) is 11.8 Å². The third kappa shape index (κ3) is 4.26. The van der Waals surface area contributed by atoms with Gasteiger partial charge in [-0.15, -0.1) is 0 Å². The van der Waals surface area contributed by atoms with Crippen LogP contribution in [0.5, 0.6) is 0 Å². The van der Waals surface area contributed by atoms with Crippen LogP contribution in [0.3, 0.4) is 0 Å². The number of fused-ring (bicyclic) bond motifs is 1. The van der Waals surface area contributed by atoms with E-state index >= 15 is 4.39 Å². The van der Waals surface area contributed by atoms with Crippen molar-refractivity contribution >= 4 is 34.6 Å². The summed E-state index contributed by atoms with van der Waals surface area (Å²) in [7, 11) is 1.57. The van der Waals surface area contributed by atoms with E-state index in [-0.39, 0.29) is 24.8 Å². The van der Waals surface area contributed by atoms with Gasteiger partial charge >= 0.3 is 11.8 Å². The van der Waals surface area contributed by atoms with Crippen molar-refractivity contribution in [2.24, 2.45) is 7.05 Å². The number of hydrogen-bond donors (Lipinski definition) is 1. The molecule has 3 amide bonds. The Hall–Kier alpha value is -3.37. The molecule has 0 radical (unpaired) electrons. The summed E-state index contributed by atoms with van der Waals surface area (Å²) in [5.41, 5.74) is 0.0367. The topological polar surface area (TPSA) is 106 Å². The van der Waals surface area contributed by atoms with Gasteiger partial charge in [-0.25, -0.2) is 14.0 Å². The summed E-state index contributed by atoms with van der Waals surface area (Å²) in [6.45, 7) is 8.44. The molecule has 2 atom stereocenters. The molecule has 2 aliphatic rings. The molecule has 2 saturated heterocycles. The number of imide groups is 1. The fraction of sp³-hybridized carbons (Fsp3) is 0.565. The second kappa shape index (κ2) is 8.44. The molecule has 1 aromatic heterocycles. The van der Waals surface area contributed by atoms with E-state index in [1.807, 2.05) is 11.8 Å². The average molecular weight is 476 g/mol. The van der Waals surface area contributed by atoms with Gasteiger partial charge in [0, 0.05) is 45.2 Å². The fourth-order valence-electron chi connectivity index (χ4n) is 4.63. The van der Waals surface area contributed by atoms with E-state index in [1.165, 1.54) is 15.2 Å². The highest BCUT2D eigenvalue weighted by atomic mass is 19.1. The first-order valence-corrected chi connectivity index (χ1v) is 11.4. The number of rotatable bonds is 2. The molecule has 3 heterocycles. The molecule has 0 saturated carbocycles. The van der Waals surface area contributed by atoms with Gasteiger partial charge in [-0.05, 0) is 40.2 Å². The summed E-state index contributed by atoms with van der Waals surface area (Å²) >= 11 is 0. The summed E-state index contributed by atoms with van der Waals surface area (Å²) in [5, 5.41) is 2.25. The van der Waals surface area contributed by atoms with Gasteiger partial charge in [0.15, 0.2) is 0 Å². The highest BCUT2D eigenvalue weighted by molar-refractivity contribution is 6.00. The van der Waals surface area contributed by atoms with Crippen LogP contribution < -0.4 is 15.9 Å². The minimum atomic E-state index is -0.879. The number of nitrogens with one attached hydrogen (secondary N) is 1. The number of piperazine rings is 1. The predicted molar refractivity (Wildman–Crippen MR) is 123 cm³/mol. The van der Waals surface area contributed by atoms with Gasteiger partial charge in [0.1, 0.15) is 17.5 Å². The third-order valence-corrected chi connectivity index (χ3v) is 6.27. The number of imidazole rings is 1. The second-order valence-corrected chi connectivity index (χ2v) is 9.94.